The zero-order chi connectivity index (χ0) is 23.0. The summed E-state index contributed by atoms with van der Waals surface area (Å²) in [5.74, 6) is 2.13. The second-order valence-corrected chi connectivity index (χ2v) is 7.89. The fourth-order valence-corrected chi connectivity index (χ4v) is 3.47. The SMILES string of the molecule is COc1ccc(COCC/C=C(\CCOCc2ccc(OC)cc2)C(C)CCCO)cc1. The number of methoxy groups -OCH3 is 2. The highest BCUT2D eigenvalue weighted by Crippen LogP contribution is 2.21. The van der Waals surface area contributed by atoms with E-state index in [9.17, 15) is 5.11 Å². The second kappa shape index (κ2) is 15.5. The first-order valence-corrected chi connectivity index (χ1v) is 11.4. The van der Waals surface area contributed by atoms with E-state index in [-0.39, 0.29) is 6.61 Å². The molecule has 1 N–H and O–H groups in total. The van der Waals surface area contributed by atoms with Crippen molar-refractivity contribution in [3.63, 3.8) is 0 Å². The van der Waals surface area contributed by atoms with Crippen LogP contribution >= 0.6 is 0 Å². The quantitative estimate of drug-likeness (QED) is 0.273. The third-order valence-corrected chi connectivity index (χ3v) is 5.49. The number of aliphatic hydroxyl groups excluding tert-OH is 1. The summed E-state index contributed by atoms with van der Waals surface area (Å²) in [6.45, 7) is 4.99. The molecule has 0 saturated carbocycles. The topological polar surface area (TPSA) is 57.2 Å². The molecule has 176 valence electrons. The van der Waals surface area contributed by atoms with Gasteiger partial charge in [0.05, 0.1) is 40.6 Å². The Morgan fingerprint density at radius 1 is 0.844 bits per heavy atom. The maximum Gasteiger partial charge on any atom is 0.118 e. The molecule has 0 fully saturated rings. The van der Waals surface area contributed by atoms with E-state index in [1.165, 1.54) is 5.57 Å². The lowest BCUT2D eigenvalue weighted by molar-refractivity contribution is 0.120. The molecular formula is C27H38O5. The predicted octanol–water partition coefficient (Wildman–Crippen LogP) is 5.55. The van der Waals surface area contributed by atoms with Crippen LogP contribution in [0.25, 0.3) is 0 Å². The smallest absolute Gasteiger partial charge is 0.118 e. The first-order valence-electron chi connectivity index (χ1n) is 11.4. The Balaban J connectivity index is 1.76. The summed E-state index contributed by atoms with van der Waals surface area (Å²) in [6.07, 6.45) is 5.84. The van der Waals surface area contributed by atoms with Crippen LogP contribution < -0.4 is 9.47 Å². The molecule has 0 saturated heterocycles. The van der Waals surface area contributed by atoms with Crippen molar-refractivity contribution in [1.29, 1.82) is 0 Å². The van der Waals surface area contributed by atoms with Crippen molar-refractivity contribution < 1.29 is 24.1 Å². The average molecular weight is 443 g/mol. The molecule has 1 unspecified atom stereocenters. The lowest BCUT2D eigenvalue weighted by Crippen LogP contribution is -2.06. The molecule has 2 aromatic carbocycles. The zero-order valence-electron chi connectivity index (χ0n) is 19.7. The molecule has 5 nitrogen and oxygen atoms in total. The summed E-state index contributed by atoms with van der Waals surface area (Å²) >= 11 is 0. The van der Waals surface area contributed by atoms with Crippen LogP contribution in [0.1, 0.15) is 43.7 Å². The molecular weight excluding hydrogens is 404 g/mol. The van der Waals surface area contributed by atoms with Gasteiger partial charge >= 0.3 is 0 Å². The number of ether oxygens (including phenoxy) is 4. The van der Waals surface area contributed by atoms with Gasteiger partial charge in [0.2, 0.25) is 0 Å². The minimum absolute atomic E-state index is 0.233. The highest BCUT2D eigenvalue weighted by atomic mass is 16.5. The van der Waals surface area contributed by atoms with Crippen LogP contribution in [0, 0.1) is 5.92 Å². The van der Waals surface area contributed by atoms with Gasteiger partial charge in [0, 0.05) is 6.61 Å². The van der Waals surface area contributed by atoms with Crippen LogP contribution in [0.3, 0.4) is 0 Å². The third-order valence-electron chi connectivity index (χ3n) is 5.49. The molecule has 5 heteroatoms. The molecule has 0 aliphatic rings. The molecule has 1 atom stereocenters. The molecule has 2 aromatic rings. The van der Waals surface area contributed by atoms with Gasteiger partial charge in [0.25, 0.3) is 0 Å². The molecule has 2 rings (SSSR count). The summed E-state index contributed by atoms with van der Waals surface area (Å²) in [4.78, 5) is 0. The van der Waals surface area contributed by atoms with Crippen molar-refractivity contribution in [2.45, 2.75) is 45.8 Å². The van der Waals surface area contributed by atoms with Crippen LogP contribution in [-0.2, 0) is 22.7 Å². The largest absolute Gasteiger partial charge is 0.497 e. The Morgan fingerprint density at radius 2 is 1.38 bits per heavy atom. The molecule has 0 radical (unpaired) electrons. The Morgan fingerprint density at radius 3 is 1.88 bits per heavy atom. The van der Waals surface area contributed by atoms with Gasteiger partial charge in [-0.3, -0.25) is 0 Å². The van der Waals surface area contributed by atoms with Crippen molar-refractivity contribution in [1.82, 2.24) is 0 Å². The summed E-state index contributed by atoms with van der Waals surface area (Å²) in [5.41, 5.74) is 3.65. The molecule has 0 aliphatic heterocycles. The van der Waals surface area contributed by atoms with E-state index in [4.69, 9.17) is 18.9 Å². The number of hydrogen-bond donors (Lipinski definition) is 1. The maximum absolute atomic E-state index is 9.18. The summed E-state index contributed by atoms with van der Waals surface area (Å²) in [6, 6.07) is 15.9. The minimum atomic E-state index is 0.233. The van der Waals surface area contributed by atoms with E-state index in [1.807, 2.05) is 48.5 Å². The monoisotopic (exact) mass is 442 g/mol. The van der Waals surface area contributed by atoms with Crippen molar-refractivity contribution >= 4 is 0 Å². The van der Waals surface area contributed by atoms with Crippen LogP contribution in [-0.4, -0.2) is 39.1 Å². The van der Waals surface area contributed by atoms with E-state index in [0.717, 1.165) is 48.3 Å². The summed E-state index contributed by atoms with van der Waals surface area (Å²) in [5, 5.41) is 9.18. The molecule has 32 heavy (non-hydrogen) atoms. The van der Waals surface area contributed by atoms with Gasteiger partial charge in [0.15, 0.2) is 0 Å². The van der Waals surface area contributed by atoms with Crippen LogP contribution in [0.15, 0.2) is 60.2 Å². The molecule has 0 amide bonds. The van der Waals surface area contributed by atoms with Gasteiger partial charge in [-0.15, -0.1) is 0 Å². The van der Waals surface area contributed by atoms with Crippen LogP contribution in [0.4, 0.5) is 0 Å². The number of benzene rings is 2. The molecule has 0 aromatic heterocycles. The average Bonchev–Trinajstić information content (AvgIpc) is 2.84. The lowest BCUT2D eigenvalue weighted by Gasteiger charge is -2.16. The molecule has 0 heterocycles. The normalized spacial score (nSPS) is 12.6. The highest BCUT2D eigenvalue weighted by Gasteiger charge is 2.09. The van der Waals surface area contributed by atoms with E-state index in [1.54, 1.807) is 14.2 Å². The first-order chi connectivity index (χ1) is 15.7. The van der Waals surface area contributed by atoms with Crippen LogP contribution in [0.5, 0.6) is 11.5 Å². The van der Waals surface area contributed by atoms with Gasteiger partial charge < -0.3 is 24.1 Å². The van der Waals surface area contributed by atoms with E-state index >= 15 is 0 Å². The second-order valence-electron chi connectivity index (χ2n) is 7.89. The molecule has 0 bridgehead atoms. The van der Waals surface area contributed by atoms with Crippen molar-refractivity contribution in [2.75, 3.05) is 34.0 Å². The Labute approximate surface area is 193 Å². The Kier molecular flexibility index (Phi) is 12.5. The Bertz CT molecular complexity index is 768. The third kappa shape index (κ3) is 9.86. The van der Waals surface area contributed by atoms with E-state index < -0.39 is 0 Å². The highest BCUT2D eigenvalue weighted by molar-refractivity contribution is 5.27. The van der Waals surface area contributed by atoms with E-state index in [2.05, 4.69) is 13.0 Å². The molecule has 0 aliphatic carbocycles. The van der Waals surface area contributed by atoms with Crippen molar-refractivity contribution in [3.05, 3.63) is 71.3 Å². The first kappa shape index (κ1) is 25.9. The van der Waals surface area contributed by atoms with Crippen molar-refractivity contribution in [3.8, 4) is 11.5 Å². The summed E-state index contributed by atoms with van der Waals surface area (Å²) < 4.78 is 22.1. The van der Waals surface area contributed by atoms with Gasteiger partial charge in [0.1, 0.15) is 11.5 Å². The number of aliphatic hydroxyl groups is 1. The fraction of sp³-hybridized carbons (Fsp3) is 0.481. The fourth-order valence-electron chi connectivity index (χ4n) is 3.47. The standard InChI is InChI=1S/C27H38O5/c1-22(6-4-17-28)25(16-19-32-21-24-10-14-27(30-3)15-11-24)7-5-18-31-20-23-8-12-26(29-2)13-9-23/h7-15,22,28H,4-6,16-21H2,1-3H3/b25-7+. The molecule has 0 spiro atoms. The predicted molar refractivity (Wildman–Crippen MR) is 128 cm³/mol. The maximum atomic E-state index is 9.18. The Hall–Kier alpha value is -2.34. The van der Waals surface area contributed by atoms with Crippen molar-refractivity contribution in [2.24, 2.45) is 5.92 Å². The minimum Gasteiger partial charge on any atom is -0.497 e. The van der Waals surface area contributed by atoms with Gasteiger partial charge in [-0.05, 0) is 67.0 Å². The lowest BCUT2D eigenvalue weighted by atomic mass is 9.93. The van der Waals surface area contributed by atoms with Crippen LogP contribution in [0.2, 0.25) is 0 Å². The van der Waals surface area contributed by atoms with E-state index in [0.29, 0.717) is 32.3 Å². The number of hydrogen-bond acceptors (Lipinski definition) is 5. The van der Waals surface area contributed by atoms with Gasteiger partial charge in [-0.2, -0.15) is 0 Å². The van der Waals surface area contributed by atoms with Gasteiger partial charge in [-0.25, -0.2) is 0 Å². The van der Waals surface area contributed by atoms with Gasteiger partial charge in [-0.1, -0.05) is 42.8 Å². The number of rotatable bonds is 16. The summed E-state index contributed by atoms with van der Waals surface area (Å²) in [7, 11) is 3.34. The zero-order valence-corrected chi connectivity index (χ0v) is 19.7.